The van der Waals surface area contributed by atoms with E-state index < -0.39 is 0 Å². The zero-order valence-corrected chi connectivity index (χ0v) is 13.9. The van der Waals surface area contributed by atoms with Gasteiger partial charge < -0.3 is 15.4 Å². The number of ether oxygens (including phenoxy) is 1. The average Bonchev–Trinajstić information content (AvgIpc) is 2.63. The fourth-order valence-electron chi connectivity index (χ4n) is 3.04. The van der Waals surface area contributed by atoms with Crippen molar-refractivity contribution in [1.29, 1.82) is 0 Å². The van der Waals surface area contributed by atoms with E-state index in [4.69, 9.17) is 4.74 Å². The van der Waals surface area contributed by atoms with Crippen LogP contribution in [0.15, 0.2) is 42.6 Å². The largest absolute Gasteiger partial charge is 0.497 e. The maximum atomic E-state index is 12.6. The molecule has 24 heavy (non-hydrogen) atoms. The van der Waals surface area contributed by atoms with Gasteiger partial charge in [0.15, 0.2) is 0 Å². The summed E-state index contributed by atoms with van der Waals surface area (Å²) in [7, 11) is 1.61. The van der Waals surface area contributed by atoms with Gasteiger partial charge in [-0.25, -0.2) is 4.98 Å². The van der Waals surface area contributed by atoms with Crippen LogP contribution in [0.4, 0.5) is 11.5 Å². The fraction of sp³-hybridized carbons (Fsp3) is 0.368. The Labute approximate surface area is 142 Å². The normalized spacial score (nSPS) is 14.9. The molecule has 2 aromatic rings. The third kappa shape index (κ3) is 4.04. The first-order valence-corrected chi connectivity index (χ1v) is 8.43. The van der Waals surface area contributed by atoms with Crippen LogP contribution in [0, 0.1) is 0 Å². The van der Waals surface area contributed by atoms with Crippen molar-refractivity contribution in [3.8, 4) is 5.75 Å². The predicted octanol–water partition coefficient (Wildman–Crippen LogP) is 4.09. The maximum Gasteiger partial charge on any atom is 0.259 e. The summed E-state index contributed by atoms with van der Waals surface area (Å²) in [6.45, 7) is 0. The lowest BCUT2D eigenvalue weighted by atomic mass is 9.95. The van der Waals surface area contributed by atoms with Crippen molar-refractivity contribution in [2.75, 3.05) is 17.7 Å². The van der Waals surface area contributed by atoms with Gasteiger partial charge in [-0.05, 0) is 37.1 Å². The third-order valence-corrected chi connectivity index (χ3v) is 4.33. The monoisotopic (exact) mass is 325 g/mol. The van der Waals surface area contributed by atoms with Gasteiger partial charge in [-0.2, -0.15) is 0 Å². The molecule has 0 spiro atoms. The Hall–Kier alpha value is -2.56. The summed E-state index contributed by atoms with van der Waals surface area (Å²) in [5, 5.41) is 6.35. The molecule has 0 unspecified atom stereocenters. The van der Waals surface area contributed by atoms with Gasteiger partial charge in [0.1, 0.15) is 11.6 Å². The summed E-state index contributed by atoms with van der Waals surface area (Å²) in [5.41, 5.74) is 1.26. The van der Waals surface area contributed by atoms with Gasteiger partial charge in [0.25, 0.3) is 5.91 Å². The van der Waals surface area contributed by atoms with E-state index in [2.05, 4.69) is 15.6 Å². The minimum absolute atomic E-state index is 0.172. The number of hydrogen-bond acceptors (Lipinski definition) is 4. The maximum absolute atomic E-state index is 12.6. The van der Waals surface area contributed by atoms with E-state index in [1.54, 1.807) is 31.5 Å². The lowest BCUT2D eigenvalue weighted by Gasteiger charge is -2.24. The van der Waals surface area contributed by atoms with Crippen LogP contribution in [0.3, 0.4) is 0 Å². The average molecular weight is 325 g/mol. The molecule has 1 aliphatic rings. The van der Waals surface area contributed by atoms with Crippen LogP contribution in [0.1, 0.15) is 42.5 Å². The van der Waals surface area contributed by atoms with Crippen LogP contribution in [0.25, 0.3) is 0 Å². The molecule has 2 N–H and O–H groups in total. The van der Waals surface area contributed by atoms with Crippen LogP contribution in [-0.4, -0.2) is 24.0 Å². The number of aromatic nitrogens is 1. The van der Waals surface area contributed by atoms with Crippen molar-refractivity contribution >= 4 is 17.4 Å². The second-order valence-electron chi connectivity index (χ2n) is 6.06. The van der Waals surface area contributed by atoms with Gasteiger partial charge in [-0.15, -0.1) is 0 Å². The number of pyridine rings is 1. The Bertz CT molecular complexity index is 697. The molecule has 3 rings (SSSR count). The van der Waals surface area contributed by atoms with E-state index >= 15 is 0 Å². The molecule has 1 fully saturated rings. The number of nitrogens with zero attached hydrogens (tertiary/aromatic N) is 1. The van der Waals surface area contributed by atoms with Gasteiger partial charge in [0.2, 0.25) is 0 Å². The van der Waals surface area contributed by atoms with E-state index in [1.807, 2.05) is 18.2 Å². The lowest BCUT2D eigenvalue weighted by Crippen LogP contribution is -2.25. The highest BCUT2D eigenvalue weighted by Crippen LogP contribution is 2.23. The van der Waals surface area contributed by atoms with Gasteiger partial charge in [-0.3, -0.25) is 4.79 Å². The Morgan fingerprint density at radius 3 is 2.79 bits per heavy atom. The Balaban J connectivity index is 1.74. The van der Waals surface area contributed by atoms with Gasteiger partial charge >= 0.3 is 0 Å². The first kappa shape index (κ1) is 16.3. The fourth-order valence-corrected chi connectivity index (χ4v) is 3.04. The molecule has 1 heterocycles. The molecular formula is C19H23N3O2. The zero-order chi connectivity index (χ0) is 16.8. The zero-order valence-electron chi connectivity index (χ0n) is 13.9. The highest BCUT2D eigenvalue weighted by molar-refractivity contribution is 6.07. The molecule has 0 radical (unpaired) electrons. The number of amides is 1. The van der Waals surface area contributed by atoms with Gasteiger partial charge in [-0.1, -0.05) is 25.3 Å². The molecule has 126 valence electrons. The van der Waals surface area contributed by atoms with Crippen LogP contribution in [0.2, 0.25) is 0 Å². The SMILES string of the molecule is COc1cccc(NC(=O)c2cccnc2NC2CCCCC2)c1. The van der Waals surface area contributed by atoms with E-state index in [9.17, 15) is 4.79 Å². The standard InChI is InChI=1S/C19H23N3O2/c1-24-16-10-5-9-15(13-16)22-19(23)17-11-6-12-20-18(17)21-14-7-3-2-4-8-14/h5-6,9-14H,2-4,7-8H2,1H3,(H,20,21)(H,22,23). The van der Waals surface area contributed by atoms with E-state index in [0.717, 1.165) is 12.8 Å². The molecule has 5 heteroatoms. The summed E-state index contributed by atoms with van der Waals surface area (Å²) in [4.78, 5) is 17.0. The molecule has 1 amide bonds. The summed E-state index contributed by atoms with van der Waals surface area (Å²) < 4.78 is 5.19. The molecule has 0 aliphatic heterocycles. The van der Waals surface area contributed by atoms with Crippen LogP contribution >= 0.6 is 0 Å². The highest BCUT2D eigenvalue weighted by Gasteiger charge is 2.18. The van der Waals surface area contributed by atoms with Crippen LogP contribution in [0.5, 0.6) is 5.75 Å². The topological polar surface area (TPSA) is 63.2 Å². The minimum Gasteiger partial charge on any atom is -0.497 e. The van der Waals surface area contributed by atoms with Crippen molar-refractivity contribution in [3.05, 3.63) is 48.2 Å². The minimum atomic E-state index is -0.172. The third-order valence-electron chi connectivity index (χ3n) is 4.33. The molecular weight excluding hydrogens is 302 g/mol. The molecule has 5 nitrogen and oxygen atoms in total. The van der Waals surface area contributed by atoms with Gasteiger partial charge in [0.05, 0.1) is 12.7 Å². The predicted molar refractivity (Wildman–Crippen MR) is 95.7 cm³/mol. The number of carbonyl (C=O) groups is 1. The summed E-state index contributed by atoms with van der Waals surface area (Å²) in [6, 6.07) is 11.3. The molecule has 1 saturated carbocycles. The van der Waals surface area contributed by atoms with Crippen molar-refractivity contribution in [2.45, 2.75) is 38.1 Å². The quantitative estimate of drug-likeness (QED) is 0.869. The number of benzene rings is 1. The van der Waals surface area contributed by atoms with Crippen molar-refractivity contribution in [1.82, 2.24) is 4.98 Å². The Kier molecular flexibility index (Phi) is 5.31. The number of rotatable bonds is 5. The first-order chi connectivity index (χ1) is 11.8. The van der Waals surface area contributed by atoms with E-state index in [-0.39, 0.29) is 5.91 Å². The summed E-state index contributed by atoms with van der Waals surface area (Å²) >= 11 is 0. The molecule has 0 saturated heterocycles. The summed E-state index contributed by atoms with van der Waals surface area (Å²) in [5.74, 6) is 1.19. The molecule has 1 aromatic heterocycles. The number of nitrogens with one attached hydrogen (secondary N) is 2. The summed E-state index contributed by atoms with van der Waals surface area (Å²) in [6.07, 6.45) is 7.74. The number of hydrogen-bond donors (Lipinski definition) is 2. The number of methoxy groups -OCH3 is 1. The molecule has 0 atom stereocenters. The smallest absolute Gasteiger partial charge is 0.259 e. The van der Waals surface area contributed by atoms with Gasteiger partial charge in [0, 0.05) is 24.0 Å². The van der Waals surface area contributed by atoms with Crippen molar-refractivity contribution in [2.24, 2.45) is 0 Å². The molecule has 1 aromatic carbocycles. The van der Waals surface area contributed by atoms with Crippen molar-refractivity contribution in [3.63, 3.8) is 0 Å². The van der Waals surface area contributed by atoms with E-state index in [1.165, 1.54) is 19.3 Å². The second-order valence-corrected chi connectivity index (χ2v) is 6.06. The number of carbonyl (C=O) groups excluding carboxylic acids is 1. The number of anilines is 2. The van der Waals surface area contributed by atoms with Crippen LogP contribution in [-0.2, 0) is 0 Å². The first-order valence-electron chi connectivity index (χ1n) is 8.43. The van der Waals surface area contributed by atoms with Crippen molar-refractivity contribution < 1.29 is 9.53 Å². The van der Waals surface area contributed by atoms with E-state index in [0.29, 0.717) is 28.9 Å². The Morgan fingerprint density at radius 1 is 1.17 bits per heavy atom. The second kappa shape index (κ2) is 7.81. The molecule has 1 aliphatic carbocycles. The Morgan fingerprint density at radius 2 is 2.00 bits per heavy atom. The van der Waals surface area contributed by atoms with Crippen LogP contribution < -0.4 is 15.4 Å². The lowest BCUT2D eigenvalue weighted by molar-refractivity contribution is 0.102. The highest BCUT2D eigenvalue weighted by atomic mass is 16.5. The molecule has 0 bridgehead atoms.